The van der Waals surface area contributed by atoms with Crippen molar-refractivity contribution in [3.63, 3.8) is 0 Å². The Morgan fingerprint density at radius 2 is 1.53 bits per heavy atom. The van der Waals surface area contributed by atoms with Crippen LogP contribution in [0.5, 0.6) is 0 Å². The van der Waals surface area contributed by atoms with Crippen LogP contribution in [0.2, 0.25) is 0 Å². The Morgan fingerprint density at radius 3 is 2.16 bits per heavy atom. The largest absolute Gasteiger partial charge is 0.418 e. The van der Waals surface area contributed by atoms with E-state index in [0.717, 1.165) is 35.9 Å². The van der Waals surface area contributed by atoms with Gasteiger partial charge in [0.1, 0.15) is 12.4 Å². The van der Waals surface area contributed by atoms with Crippen LogP contribution in [-0.4, -0.2) is 20.9 Å². The van der Waals surface area contributed by atoms with Gasteiger partial charge in [-0.1, -0.05) is 42.0 Å². The molecule has 0 radical (unpaired) electrons. The van der Waals surface area contributed by atoms with E-state index in [2.05, 4.69) is 5.32 Å². The Hall–Kier alpha value is -3.40. The molecule has 0 bridgehead atoms. The molecule has 1 N–H and O–H groups in total. The second-order valence-electron chi connectivity index (χ2n) is 6.87. The molecule has 32 heavy (non-hydrogen) atoms. The number of alkyl halides is 3. The van der Waals surface area contributed by atoms with Crippen molar-refractivity contribution in [2.75, 3.05) is 16.2 Å². The normalized spacial score (nSPS) is 11.8. The maximum Gasteiger partial charge on any atom is 0.418 e. The molecule has 0 aromatic heterocycles. The zero-order valence-corrected chi connectivity index (χ0v) is 17.5. The molecule has 0 saturated heterocycles. The van der Waals surface area contributed by atoms with E-state index in [1.807, 2.05) is 0 Å². The molecule has 0 spiro atoms. The van der Waals surface area contributed by atoms with Crippen LogP contribution in [0.1, 0.15) is 11.1 Å². The second-order valence-corrected chi connectivity index (χ2v) is 8.73. The van der Waals surface area contributed by atoms with Gasteiger partial charge in [-0.2, -0.15) is 13.2 Å². The lowest BCUT2D eigenvalue weighted by atomic mass is 10.1. The van der Waals surface area contributed by atoms with E-state index < -0.39 is 51.4 Å². The number of benzene rings is 3. The van der Waals surface area contributed by atoms with Crippen LogP contribution in [0, 0.1) is 12.7 Å². The first-order valence-electron chi connectivity index (χ1n) is 9.30. The topological polar surface area (TPSA) is 66.5 Å². The van der Waals surface area contributed by atoms with Crippen LogP contribution < -0.4 is 9.62 Å². The van der Waals surface area contributed by atoms with Gasteiger partial charge in [0, 0.05) is 0 Å². The SMILES string of the molecule is Cc1ccc(S(=O)(=O)N(CC(=O)Nc2ccccc2C(F)(F)F)c2ccccc2F)cc1. The van der Waals surface area contributed by atoms with Gasteiger partial charge in [-0.15, -0.1) is 0 Å². The molecule has 5 nitrogen and oxygen atoms in total. The number of amides is 1. The first kappa shape index (κ1) is 23.3. The lowest BCUT2D eigenvalue weighted by Crippen LogP contribution is -2.39. The summed E-state index contributed by atoms with van der Waals surface area (Å²) in [6.45, 7) is 0.805. The Balaban J connectivity index is 1.98. The van der Waals surface area contributed by atoms with Crippen LogP contribution in [0.15, 0.2) is 77.7 Å². The summed E-state index contributed by atoms with van der Waals surface area (Å²) in [4.78, 5) is 12.4. The number of carbonyl (C=O) groups excluding carboxylic acids is 1. The maximum absolute atomic E-state index is 14.5. The maximum atomic E-state index is 14.5. The number of sulfonamides is 1. The van der Waals surface area contributed by atoms with E-state index in [9.17, 15) is 30.8 Å². The predicted octanol–water partition coefficient (Wildman–Crippen LogP) is 4.99. The van der Waals surface area contributed by atoms with E-state index in [4.69, 9.17) is 0 Å². The number of para-hydroxylation sites is 2. The minimum absolute atomic E-state index is 0.199. The van der Waals surface area contributed by atoms with Crippen LogP contribution in [0.3, 0.4) is 0 Å². The highest BCUT2D eigenvalue weighted by Crippen LogP contribution is 2.34. The Bertz CT molecular complexity index is 1230. The third-order valence-corrected chi connectivity index (χ3v) is 6.30. The molecular formula is C22H18F4N2O3S. The van der Waals surface area contributed by atoms with Crippen molar-refractivity contribution in [3.05, 3.63) is 89.7 Å². The molecule has 3 rings (SSSR count). The number of aryl methyl sites for hydroxylation is 1. The van der Waals surface area contributed by atoms with Crippen LogP contribution in [0.4, 0.5) is 28.9 Å². The van der Waals surface area contributed by atoms with Gasteiger partial charge in [0.2, 0.25) is 5.91 Å². The van der Waals surface area contributed by atoms with E-state index in [1.54, 1.807) is 6.92 Å². The van der Waals surface area contributed by atoms with Crippen molar-refractivity contribution < 1.29 is 30.8 Å². The lowest BCUT2D eigenvalue weighted by Gasteiger charge is -2.25. The summed E-state index contributed by atoms with van der Waals surface area (Å²) in [6, 6.07) is 14.9. The summed E-state index contributed by atoms with van der Waals surface area (Å²) in [5.74, 6) is -1.98. The van der Waals surface area contributed by atoms with E-state index in [-0.39, 0.29) is 4.90 Å². The van der Waals surface area contributed by atoms with Crippen molar-refractivity contribution >= 4 is 27.3 Å². The summed E-state index contributed by atoms with van der Waals surface area (Å²) in [6.07, 6.45) is -4.73. The molecular weight excluding hydrogens is 448 g/mol. The van der Waals surface area contributed by atoms with Crippen molar-refractivity contribution in [2.24, 2.45) is 0 Å². The molecule has 10 heteroatoms. The summed E-state index contributed by atoms with van der Waals surface area (Å²) >= 11 is 0. The van der Waals surface area contributed by atoms with Gasteiger partial charge >= 0.3 is 6.18 Å². The molecule has 0 unspecified atom stereocenters. The minimum atomic E-state index is -4.73. The molecule has 3 aromatic rings. The number of carbonyl (C=O) groups is 1. The molecule has 168 valence electrons. The molecule has 0 aliphatic rings. The van der Waals surface area contributed by atoms with Crippen molar-refractivity contribution in [3.8, 4) is 0 Å². The molecule has 0 saturated carbocycles. The Labute approximate surface area is 182 Å². The number of nitrogens with zero attached hydrogens (tertiary/aromatic N) is 1. The van der Waals surface area contributed by atoms with Gasteiger partial charge in [0.25, 0.3) is 10.0 Å². The minimum Gasteiger partial charge on any atom is -0.324 e. The smallest absolute Gasteiger partial charge is 0.324 e. The molecule has 0 heterocycles. The zero-order valence-electron chi connectivity index (χ0n) is 16.7. The van der Waals surface area contributed by atoms with Gasteiger partial charge in [-0.25, -0.2) is 12.8 Å². The summed E-state index contributed by atoms with van der Waals surface area (Å²) in [5.41, 5.74) is -1.26. The highest BCUT2D eigenvalue weighted by molar-refractivity contribution is 7.92. The van der Waals surface area contributed by atoms with Crippen molar-refractivity contribution in [1.82, 2.24) is 0 Å². The Morgan fingerprint density at radius 1 is 0.938 bits per heavy atom. The number of anilines is 2. The second kappa shape index (κ2) is 8.99. The lowest BCUT2D eigenvalue weighted by molar-refractivity contribution is -0.137. The zero-order chi connectivity index (χ0) is 23.5. The molecule has 0 atom stereocenters. The number of hydrogen-bond acceptors (Lipinski definition) is 3. The van der Waals surface area contributed by atoms with Gasteiger partial charge in [-0.3, -0.25) is 9.10 Å². The third kappa shape index (κ3) is 5.08. The molecule has 0 aliphatic heterocycles. The van der Waals surface area contributed by atoms with Gasteiger partial charge < -0.3 is 5.32 Å². The van der Waals surface area contributed by atoms with Crippen LogP contribution in [0.25, 0.3) is 0 Å². The fourth-order valence-corrected chi connectivity index (χ4v) is 4.38. The summed E-state index contributed by atoms with van der Waals surface area (Å²) in [5, 5.41) is 2.08. The average molecular weight is 466 g/mol. The number of hydrogen-bond donors (Lipinski definition) is 1. The van der Waals surface area contributed by atoms with Gasteiger partial charge in [0.15, 0.2) is 0 Å². The quantitative estimate of drug-likeness (QED) is 0.521. The van der Waals surface area contributed by atoms with E-state index in [1.165, 1.54) is 42.5 Å². The summed E-state index contributed by atoms with van der Waals surface area (Å²) in [7, 11) is -4.41. The summed E-state index contributed by atoms with van der Waals surface area (Å²) < 4.78 is 81.1. The number of rotatable bonds is 6. The molecule has 0 fully saturated rings. The monoisotopic (exact) mass is 466 g/mol. The van der Waals surface area contributed by atoms with E-state index in [0.29, 0.717) is 4.31 Å². The highest BCUT2D eigenvalue weighted by atomic mass is 32.2. The number of halogens is 4. The Kier molecular flexibility index (Phi) is 6.54. The molecule has 3 aromatic carbocycles. The predicted molar refractivity (Wildman–Crippen MR) is 112 cm³/mol. The fraction of sp³-hybridized carbons (Fsp3) is 0.136. The van der Waals surface area contributed by atoms with Crippen molar-refractivity contribution in [1.29, 1.82) is 0 Å². The van der Waals surface area contributed by atoms with Crippen LogP contribution in [-0.2, 0) is 21.0 Å². The first-order chi connectivity index (χ1) is 15.0. The standard InChI is InChI=1S/C22H18F4N2O3S/c1-15-10-12-16(13-11-15)32(30,31)28(20-9-5-3-7-18(20)23)14-21(29)27-19-8-4-2-6-17(19)22(24,25)26/h2-13H,14H2,1H3,(H,27,29). The highest BCUT2D eigenvalue weighted by Gasteiger charge is 2.34. The fourth-order valence-electron chi connectivity index (χ4n) is 2.95. The third-order valence-electron chi connectivity index (χ3n) is 4.52. The van der Waals surface area contributed by atoms with Gasteiger partial charge in [-0.05, 0) is 43.3 Å². The van der Waals surface area contributed by atoms with E-state index >= 15 is 0 Å². The van der Waals surface area contributed by atoms with Gasteiger partial charge in [0.05, 0.1) is 21.8 Å². The molecule has 1 amide bonds. The van der Waals surface area contributed by atoms with Crippen LogP contribution >= 0.6 is 0 Å². The first-order valence-corrected chi connectivity index (χ1v) is 10.7. The van der Waals surface area contributed by atoms with Crippen molar-refractivity contribution in [2.45, 2.75) is 18.0 Å². The molecule has 0 aliphatic carbocycles. The average Bonchev–Trinajstić information content (AvgIpc) is 2.72. The number of nitrogens with one attached hydrogen (secondary N) is 1.